The smallest absolute Gasteiger partial charge is 0.127 e. The van der Waals surface area contributed by atoms with Gasteiger partial charge in [-0.25, -0.2) is 0 Å². The number of aromatic hydroxyl groups is 2. The molecule has 0 aromatic heterocycles. The topological polar surface area (TPSA) is 49.7 Å². The lowest BCUT2D eigenvalue weighted by molar-refractivity contribution is 0.456. The van der Waals surface area contributed by atoms with Gasteiger partial charge in [-0.1, -0.05) is 0 Å². The number of phenols is 2. The van der Waals surface area contributed by atoms with Crippen LogP contribution in [0.25, 0.3) is 0 Å². The molecule has 3 nitrogen and oxygen atoms in total. The lowest BCUT2D eigenvalue weighted by Crippen LogP contribution is -1.84. The van der Waals surface area contributed by atoms with Gasteiger partial charge < -0.3 is 14.9 Å². The third-order valence-electron chi connectivity index (χ3n) is 2.24. The van der Waals surface area contributed by atoms with Gasteiger partial charge in [-0.2, -0.15) is 0 Å². The molecule has 0 saturated heterocycles. The standard InChI is InChI=1S/C13H12O3/c1-9-8-12(6-7-13(9)15)16-11-4-2-10(14)3-5-11/h2-8,14-15H,1H3. The van der Waals surface area contributed by atoms with Crippen molar-refractivity contribution in [1.82, 2.24) is 0 Å². The van der Waals surface area contributed by atoms with E-state index in [1.54, 1.807) is 49.4 Å². The van der Waals surface area contributed by atoms with E-state index in [4.69, 9.17) is 9.84 Å². The summed E-state index contributed by atoms with van der Waals surface area (Å²) in [7, 11) is 0. The molecule has 0 heterocycles. The van der Waals surface area contributed by atoms with E-state index in [0.717, 1.165) is 5.56 Å². The largest absolute Gasteiger partial charge is 0.508 e. The summed E-state index contributed by atoms with van der Waals surface area (Å²) in [6, 6.07) is 11.5. The lowest BCUT2D eigenvalue weighted by Gasteiger charge is -2.07. The molecule has 0 atom stereocenters. The number of hydrogen-bond acceptors (Lipinski definition) is 3. The molecular weight excluding hydrogens is 204 g/mol. The highest BCUT2D eigenvalue weighted by atomic mass is 16.5. The van der Waals surface area contributed by atoms with Crippen LogP contribution >= 0.6 is 0 Å². The Balaban J connectivity index is 2.20. The molecule has 0 spiro atoms. The summed E-state index contributed by atoms with van der Waals surface area (Å²) in [6.07, 6.45) is 0. The Hall–Kier alpha value is -2.16. The van der Waals surface area contributed by atoms with Gasteiger partial charge in [0, 0.05) is 0 Å². The first kappa shape index (κ1) is 10.4. The fourth-order valence-corrected chi connectivity index (χ4v) is 1.34. The second kappa shape index (κ2) is 4.14. The van der Waals surface area contributed by atoms with Gasteiger partial charge in [-0.15, -0.1) is 0 Å². The Labute approximate surface area is 93.6 Å². The van der Waals surface area contributed by atoms with Gasteiger partial charge in [0.05, 0.1) is 0 Å². The van der Waals surface area contributed by atoms with Crippen LogP contribution < -0.4 is 4.74 Å². The first-order chi connectivity index (χ1) is 7.65. The maximum atomic E-state index is 9.36. The minimum Gasteiger partial charge on any atom is -0.508 e. The number of aryl methyl sites for hydroxylation is 1. The van der Waals surface area contributed by atoms with E-state index in [1.807, 2.05) is 0 Å². The quantitative estimate of drug-likeness (QED) is 0.810. The Bertz CT molecular complexity index is 489. The van der Waals surface area contributed by atoms with Gasteiger partial charge in [-0.3, -0.25) is 0 Å². The third-order valence-corrected chi connectivity index (χ3v) is 2.24. The van der Waals surface area contributed by atoms with Gasteiger partial charge in [0.25, 0.3) is 0 Å². The van der Waals surface area contributed by atoms with E-state index in [-0.39, 0.29) is 11.5 Å². The Kier molecular flexibility index (Phi) is 2.68. The van der Waals surface area contributed by atoms with Crippen LogP contribution in [0.5, 0.6) is 23.0 Å². The predicted octanol–water partition coefficient (Wildman–Crippen LogP) is 3.20. The molecule has 0 fully saturated rings. The summed E-state index contributed by atoms with van der Waals surface area (Å²) in [5, 5.41) is 18.5. The summed E-state index contributed by atoms with van der Waals surface area (Å²) < 4.78 is 5.55. The Morgan fingerprint density at radius 2 is 1.50 bits per heavy atom. The summed E-state index contributed by atoms with van der Waals surface area (Å²) in [4.78, 5) is 0. The van der Waals surface area contributed by atoms with Crippen LogP contribution in [0.4, 0.5) is 0 Å². The number of hydrogen-bond donors (Lipinski definition) is 2. The minimum absolute atomic E-state index is 0.203. The first-order valence-corrected chi connectivity index (χ1v) is 4.91. The molecule has 0 aliphatic carbocycles. The zero-order valence-electron chi connectivity index (χ0n) is 8.84. The van der Waals surface area contributed by atoms with Crippen molar-refractivity contribution < 1.29 is 14.9 Å². The summed E-state index contributed by atoms with van der Waals surface area (Å²) in [5.41, 5.74) is 0.760. The first-order valence-electron chi connectivity index (χ1n) is 4.91. The SMILES string of the molecule is Cc1cc(Oc2ccc(O)cc2)ccc1O. The molecule has 3 heteroatoms. The van der Waals surface area contributed by atoms with Crippen LogP contribution in [0.2, 0.25) is 0 Å². The Morgan fingerprint density at radius 3 is 2.12 bits per heavy atom. The summed E-state index contributed by atoms with van der Waals surface area (Å²) >= 11 is 0. The molecule has 82 valence electrons. The van der Waals surface area contributed by atoms with Crippen molar-refractivity contribution in [2.45, 2.75) is 6.92 Å². The van der Waals surface area contributed by atoms with Gasteiger partial charge in [0.15, 0.2) is 0 Å². The van der Waals surface area contributed by atoms with Crippen LogP contribution in [-0.4, -0.2) is 10.2 Å². The molecule has 0 bridgehead atoms. The summed E-state index contributed by atoms with van der Waals surface area (Å²) in [5.74, 6) is 1.75. The zero-order valence-corrected chi connectivity index (χ0v) is 8.84. The molecule has 2 aromatic rings. The highest BCUT2D eigenvalue weighted by Gasteiger charge is 2.00. The maximum Gasteiger partial charge on any atom is 0.127 e. The van der Waals surface area contributed by atoms with Gasteiger partial charge in [0.2, 0.25) is 0 Å². The molecule has 0 saturated carbocycles. The van der Waals surface area contributed by atoms with Crippen molar-refractivity contribution in [3.63, 3.8) is 0 Å². The second-order valence-corrected chi connectivity index (χ2v) is 3.54. The number of rotatable bonds is 2. The van der Waals surface area contributed by atoms with E-state index >= 15 is 0 Å². The van der Waals surface area contributed by atoms with E-state index in [1.165, 1.54) is 0 Å². The molecule has 16 heavy (non-hydrogen) atoms. The highest BCUT2D eigenvalue weighted by molar-refractivity contribution is 5.41. The molecule has 0 radical (unpaired) electrons. The fraction of sp³-hybridized carbons (Fsp3) is 0.0769. The van der Waals surface area contributed by atoms with Crippen LogP contribution in [0, 0.1) is 6.92 Å². The lowest BCUT2D eigenvalue weighted by atomic mass is 10.2. The van der Waals surface area contributed by atoms with Crippen molar-refractivity contribution in [1.29, 1.82) is 0 Å². The van der Waals surface area contributed by atoms with Gasteiger partial charge in [-0.05, 0) is 55.0 Å². The van der Waals surface area contributed by atoms with E-state index < -0.39 is 0 Å². The van der Waals surface area contributed by atoms with E-state index in [9.17, 15) is 5.11 Å². The number of phenolic OH excluding ortho intramolecular Hbond substituents is 2. The minimum atomic E-state index is 0.203. The average molecular weight is 216 g/mol. The summed E-state index contributed by atoms with van der Waals surface area (Å²) in [6.45, 7) is 1.80. The van der Waals surface area contributed by atoms with Gasteiger partial charge in [0.1, 0.15) is 23.0 Å². The monoisotopic (exact) mass is 216 g/mol. The molecule has 0 amide bonds. The number of benzene rings is 2. The zero-order chi connectivity index (χ0) is 11.5. The van der Waals surface area contributed by atoms with E-state index in [0.29, 0.717) is 11.5 Å². The van der Waals surface area contributed by atoms with Gasteiger partial charge >= 0.3 is 0 Å². The second-order valence-electron chi connectivity index (χ2n) is 3.54. The molecule has 0 aliphatic rings. The van der Waals surface area contributed by atoms with Crippen molar-refractivity contribution in [3.05, 3.63) is 48.0 Å². The van der Waals surface area contributed by atoms with Crippen molar-refractivity contribution >= 4 is 0 Å². The molecule has 2 N–H and O–H groups in total. The van der Waals surface area contributed by atoms with Crippen molar-refractivity contribution in [2.75, 3.05) is 0 Å². The molecule has 0 aliphatic heterocycles. The highest BCUT2D eigenvalue weighted by Crippen LogP contribution is 2.27. The molecular formula is C13H12O3. The van der Waals surface area contributed by atoms with Crippen LogP contribution in [-0.2, 0) is 0 Å². The molecule has 0 unspecified atom stereocenters. The van der Waals surface area contributed by atoms with E-state index in [2.05, 4.69) is 0 Å². The van der Waals surface area contributed by atoms with Crippen LogP contribution in [0.1, 0.15) is 5.56 Å². The number of ether oxygens (including phenoxy) is 1. The normalized spacial score (nSPS) is 10.1. The van der Waals surface area contributed by atoms with Crippen LogP contribution in [0.3, 0.4) is 0 Å². The fourth-order valence-electron chi connectivity index (χ4n) is 1.34. The van der Waals surface area contributed by atoms with Crippen molar-refractivity contribution in [3.8, 4) is 23.0 Å². The Morgan fingerprint density at radius 1 is 0.875 bits per heavy atom. The van der Waals surface area contributed by atoms with Crippen molar-refractivity contribution in [2.24, 2.45) is 0 Å². The molecule has 2 rings (SSSR count). The van der Waals surface area contributed by atoms with Crippen LogP contribution in [0.15, 0.2) is 42.5 Å². The average Bonchev–Trinajstić information content (AvgIpc) is 2.27. The maximum absolute atomic E-state index is 9.36. The predicted molar refractivity (Wildman–Crippen MR) is 61.0 cm³/mol. The third kappa shape index (κ3) is 2.25. The molecule has 2 aromatic carbocycles.